The summed E-state index contributed by atoms with van der Waals surface area (Å²) in [6.45, 7) is -1.93. The van der Waals surface area contributed by atoms with Crippen LogP contribution < -0.4 is 39.7 Å². The maximum atomic E-state index is 13.9. The molecule has 10 rings (SSSR count). The molecular formula is C39H50N15O22P3. The summed E-state index contributed by atoms with van der Waals surface area (Å²) >= 11 is 0. The predicted molar refractivity (Wildman–Crippen MR) is 260 cm³/mol. The van der Waals surface area contributed by atoms with Crippen LogP contribution in [-0.2, 0) is 59.8 Å². The number of imidazole rings is 2. The number of aliphatic hydroxyl groups excluding tert-OH is 2. The lowest BCUT2D eigenvalue weighted by Crippen LogP contribution is -2.33. The van der Waals surface area contributed by atoms with Gasteiger partial charge in [-0.15, -0.1) is 0 Å². The van der Waals surface area contributed by atoms with E-state index in [1.807, 2.05) is 0 Å². The Morgan fingerprint density at radius 2 is 1.16 bits per heavy atom. The van der Waals surface area contributed by atoms with Gasteiger partial charge in [0, 0.05) is 43.6 Å². The summed E-state index contributed by atoms with van der Waals surface area (Å²) in [5.74, 6) is -0.283. The minimum absolute atomic E-state index is 0.00470. The molecule has 0 amide bonds. The fraction of sp³-hybridized carbons (Fsp3) is 0.538. The molecule has 6 aromatic heterocycles. The summed E-state index contributed by atoms with van der Waals surface area (Å²) in [5, 5.41) is 20.8. The first-order chi connectivity index (χ1) is 37.4. The fourth-order valence-electron chi connectivity index (χ4n) is 9.23. The molecule has 13 N–H and O–H groups in total. The third-order valence-electron chi connectivity index (χ3n) is 13.0. The molecule has 10 heterocycles. The highest BCUT2D eigenvalue weighted by Gasteiger charge is 2.48. The Kier molecular flexibility index (Phi) is 15.7. The van der Waals surface area contributed by atoms with Crippen molar-refractivity contribution in [2.75, 3.05) is 43.6 Å². The molecule has 428 valence electrons. The van der Waals surface area contributed by atoms with Crippen LogP contribution in [0, 0.1) is 6.92 Å². The molecule has 0 aromatic carbocycles. The molecule has 0 spiro atoms. The Labute approximate surface area is 439 Å². The number of phosphoric acid groups is 3. The van der Waals surface area contributed by atoms with Gasteiger partial charge in [0.25, 0.3) is 11.1 Å². The number of anilines is 3. The Morgan fingerprint density at radius 3 is 1.76 bits per heavy atom. The van der Waals surface area contributed by atoms with Gasteiger partial charge in [-0.25, -0.2) is 43.2 Å². The van der Waals surface area contributed by atoms with E-state index in [9.17, 15) is 57.8 Å². The lowest BCUT2D eigenvalue weighted by molar-refractivity contribution is -0.0631. The lowest BCUT2D eigenvalue weighted by atomic mass is 10.2. The number of nitrogen functional groups attached to an aromatic ring is 3. The van der Waals surface area contributed by atoms with Crippen molar-refractivity contribution in [2.45, 2.75) is 106 Å². The summed E-state index contributed by atoms with van der Waals surface area (Å²) in [6.07, 6.45) is -11.0. The quantitative estimate of drug-likeness (QED) is 0.0364. The van der Waals surface area contributed by atoms with E-state index in [1.165, 1.54) is 41.0 Å². The number of nitrogens with one attached hydrogen (secondary N) is 2. The molecule has 0 aliphatic carbocycles. The molecule has 4 aliphatic heterocycles. The number of phosphoric ester groups is 3. The van der Waals surface area contributed by atoms with Gasteiger partial charge in [-0.05, 0) is 13.0 Å². The summed E-state index contributed by atoms with van der Waals surface area (Å²) in [4.78, 5) is 112. The van der Waals surface area contributed by atoms with E-state index in [2.05, 4.69) is 39.9 Å². The van der Waals surface area contributed by atoms with Crippen LogP contribution in [0.3, 0.4) is 0 Å². The van der Waals surface area contributed by atoms with E-state index in [-0.39, 0.29) is 64.7 Å². The Bertz CT molecular complexity index is 3650. The zero-order valence-corrected chi connectivity index (χ0v) is 43.5. The van der Waals surface area contributed by atoms with Gasteiger partial charge in [0.05, 0.1) is 45.2 Å². The molecule has 4 aliphatic rings. The van der Waals surface area contributed by atoms with Crippen molar-refractivity contribution in [3.05, 3.63) is 84.7 Å². The molecule has 0 bridgehead atoms. The molecule has 3 unspecified atom stereocenters. The van der Waals surface area contributed by atoms with Gasteiger partial charge >= 0.3 is 34.8 Å². The largest absolute Gasteiger partial charge is 0.472 e. The van der Waals surface area contributed by atoms with Crippen molar-refractivity contribution in [3.8, 4) is 0 Å². The molecule has 6 aromatic rings. The summed E-state index contributed by atoms with van der Waals surface area (Å²) < 4.78 is 102. The Morgan fingerprint density at radius 1 is 0.646 bits per heavy atom. The minimum Gasteiger partial charge on any atom is -0.394 e. The topological polar surface area (TPSA) is 520 Å². The van der Waals surface area contributed by atoms with Crippen molar-refractivity contribution in [1.29, 1.82) is 0 Å². The summed E-state index contributed by atoms with van der Waals surface area (Å²) in [5.41, 5.74) is 14.4. The first-order valence-corrected chi connectivity index (χ1v) is 28.1. The molecule has 40 heteroatoms. The smallest absolute Gasteiger partial charge is 0.394 e. The highest BCUT2D eigenvalue weighted by molar-refractivity contribution is 7.48. The molecule has 4 saturated heterocycles. The zero-order valence-electron chi connectivity index (χ0n) is 40.8. The van der Waals surface area contributed by atoms with E-state index >= 15 is 0 Å². The SMILES string of the molecule is Cc1cn([C@H]2C[C@H](OP(=O)(O)OC[C@H]3O[C@@H](n4cnc5c(N)ncnc54)C[C@@H]3OP(=O)(O)OC[C@H]3O[C@@H](n4ccc(N)nc4=O)C[C@@H]3O)[C@@H](COP(=O)(O)O[C@H]3C[C@H](n4cnc5c(=O)[nH]c(N)nc54)O[C@@H]3CO)O2)c(=O)[nH]c1=O. The fourth-order valence-corrected chi connectivity index (χ4v) is 12.1. The zero-order chi connectivity index (χ0) is 56.3. The molecular weight excluding hydrogens is 1120 g/mol. The minimum atomic E-state index is -5.37. The van der Waals surface area contributed by atoms with Crippen molar-refractivity contribution in [1.82, 2.24) is 58.1 Å². The first-order valence-electron chi connectivity index (χ1n) is 23.6. The Hall–Kier alpha value is -6.05. The first kappa shape index (κ1) is 56.2. The van der Waals surface area contributed by atoms with E-state index in [0.29, 0.717) is 0 Å². The normalized spacial score (nSPS) is 29.5. The molecule has 37 nitrogen and oxygen atoms in total. The van der Waals surface area contributed by atoms with Crippen LogP contribution in [-0.4, -0.2) is 158 Å². The molecule has 4 fully saturated rings. The van der Waals surface area contributed by atoms with E-state index < -0.39 is 153 Å². The maximum Gasteiger partial charge on any atom is 0.472 e. The van der Waals surface area contributed by atoms with Gasteiger partial charge < -0.3 is 61.0 Å². The van der Waals surface area contributed by atoms with E-state index in [1.54, 1.807) is 0 Å². The molecule has 15 atom stereocenters. The number of rotatable bonds is 20. The summed E-state index contributed by atoms with van der Waals surface area (Å²) in [7, 11) is -15.7. The number of nitrogens with zero attached hydrogens (tertiary/aromatic N) is 10. The van der Waals surface area contributed by atoms with Crippen LogP contribution in [0.4, 0.5) is 17.6 Å². The number of ether oxygens (including phenoxy) is 4. The van der Waals surface area contributed by atoms with E-state index in [4.69, 9.17) is 63.3 Å². The van der Waals surface area contributed by atoms with Gasteiger partial charge in [-0.1, -0.05) is 0 Å². The number of aromatic nitrogens is 12. The number of H-pyrrole nitrogens is 2. The van der Waals surface area contributed by atoms with Gasteiger partial charge in [-0.2, -0.15) is 9.97 Å². The van der Waals surface area contributed by atoms with Crippen molar-refractivity contribution in [3.63, 3.8) is 0 Å². The predicted octanol–water partition coefficient (Wildman–Crippen LogP) is -2.17. The number of nitrogens with two attached hydrogens (primary N) is 3. The second-order valence-corrected chi connectivity index (χ2v) is 22.5. The third kappa shape index (κ3) is 12.2. The highest BCUT2D eigenvalue weighted by atomic mass is 31.2. The second kappa shape index (κ2) is 22.1. The highest BCUT2D eigenvalue weighted by Crippen LogP contribution is 2.54. The van der Waals surface area contributed by atoms with Crippen LogP contribution in [0.5, 0.6) is 0 Å². The van der Waals surface area contributed by atoms with Gasteiger partial charge in [-0.3, -0.25) is 65.0 Å². The van der Waals surface area contributed by atoms with Crippen LogP contribution in [0.2, 0.25) is 0 Å². The number of fused-ring (bicyclic) bond motifs is 2. The number of aliphatic hydroxyl groups is 2. The van der Waals surface area contributed by atoms with Crippen molar-refractivity contribution in [2.24, 2.45) is 0 Å². The van der Waals surface area contributed by atoms with Crippen LogP contribution in [0.25, 0.3) is 22.3 Å². The lowest BCUT2D eigenvalue weighted by Gasteiger charge is -2.25. The van der Waals surface area contributed by atoms with Crippen LogP contribution >= 0.6 is 23.5 Å². The van der Waals surface area contributed by atoms with E-state index in [0.717, 1.165) is 21.7 Å². The summed E-state index contributed by atoms with van der Waals surface area (Å²) in [6, 6.07) is 1.33. The average Bonchev–Trinajstić information content (AvgIpc) is 4.45. The van der Waals surface area contributed by atoms with Crippen LogP contribution in [0.1, 0.15) is 56.2 Å². The number of aromatic amines is 2. The number of aryl methyl sites for hydroxylation is 1. The van der Waals surface area contributed by atoms with Gasteiger partial charge in [0.1, 0.15) is 85.3 Å². The number of hydrogen-bond acceptors (Lipinski definition) is 28. The van der Waals surface area contributed by atoms with Gasteiger partial charge in [0.2, 0.25) is 5.95 Å². The van der Waals surface area contributed by atoms with Crippen LogP contribution in [0.15, 0.2) is 56.6 Å². The Balaban J connectivity index is 0.830. The van der Waals surface area contributed by atoms with Crippen molar-refractivity contribution < 1.29 is 84.7 Å². The standard InChI is InChI=1S/C39H50N15O22P3/c1-16-8-52(39(60)50-35(16)57)27-6-19(23(72-27)11-68-78(63,64)74-18-5-29(70-21(18)9-55)54-15-46-31-34(54)48-37(42)49-36(31)58)75-79(65,66)69-12-24-20(7-28(73-24)53-14-45-30-32(41)43-13-44-33(30)53)76-77(61,62)67-10-22-17(56)4-26(71-22)51-3-2-25(40)47-38(51)59/h2-3,8,13-15,17-24,26-29,55-56H,4-7,9-12H2,1H3,(H,61,62)(H,63,64)(H,65,66)(H2,40,47,59)(H2,41,43,44)(H,50,57,60)(H3,42,48,49,58)/t17-,18-,19-,20-,21+,22+,23+,24+,26+,27+,28+,29+/m0/s1. The molecule has 0 saturated carbocycles. The maximum absolute atomic E-state index is 13.9. The second-order valence-electron chi connectivity index (χ2n) is 18.3. The van der Waals surface area contributed by atoms with Crippen molar-refractivity contribution >= 4 is 63.4 Å². The monoisotopic (exact) mass is 1170 g/mol. The number of hydrogen-bond donors (Lipinski definition) is 10. The third-order valence-corrected chi connectivity index (χ3v) is 16.1. The van der Waals surface area contributed by atoms with Gasteiger partial charge in [0.15, 0.2) is 22.6 Å². The average molecular weight is 1170 g/mol. The molecule has 79 heavy (non-hydrogen) atoms. The molecule has 0 radical (unpaired) electrons.